The van der Waals surface area contributed by atoms with Crippen LogP contribution in [0.15, 0.2) is 67.8 Å². The average Bonchev–Trinajstić information content (AvgIpc) is 3.39. The second-order valence-corrected chi connectivity index (χ2v) is 8.19. The summed E-state index contributed by atoms with van der Waals surface area (Å²) in [5.74, 6) is 1.63. The Kier molecular flexibility index (Phi) is 4.62. The highest BCUT2D eigenvalue weighted by molar-refractivity contribution is 5.85. The summed E-state index contributed by atoms with van der Waals surface area (Å²) in [5, 5.41) is 8.37. The van der Waals surface area contributed by atoms with Crippen LogP contribution in [0.1, 0.15) is 36.6 Å². The first-order chi connectivity index (χ1) is 15.0. The zero-order valence-electron chi connectivity index (χ0n) is 17.9. The summed E-state index contributed by atoms with van der Waals surface area (Å²) in [6, 6.07) is 14.9. The standard InChI is InChI=1S/C25H24N6/c1-16(2)31-15-27-29-25(31)23-6-5-7-24(28-23)30-14-20-9-8-19(11-22(20)18(30)4)21-10-17(3)12-26-13-21/h5-13,15-16H,4,14H2,1-3H3. The van der Waals surface area contributed by atoms with Crippen molar-refractivity contribution in [1.29, 1.82) is 0 Å². The molecule has 31 heavy (non-hydrogen) atoms. The molecule has 4 heterocycles. The van der Waals surface area contributed by atoms with Crippen LogP contribution >= 0.6 is 0 Å². The summed E-state index contributed by atoms with van der Waals surface area (Å²) in [5.41, 5.74) is 7.55. The second-order valence-electron chi connectivity index (χ2n) is 8.19. The van der Waals surface area contributed by atoms with Crippen molar-refractivity contribution >= 4 is 11.5 Å². The molecule has 0 fully saturated rings. The fourth-order valence-electron chi connectivity index (χ4n) is 4.01. The first-order valence-electron chi connectivity index (χ1n) is 10.4. The number of nitrogens with zero attached hydrogens (tertiary/aromatic N) is 6. The van der Waals surface area contributed by atoms with E-state index in [1.54, 1.807) is 6.33 Å². The van der Waals surface area contributed by atoms with Crippen molar-refractivity contribution in [3.8, 4) is 22.6 Å². The maximum Gasteiger partial charge on any atom is 0.182 e. The molecule has 0 bridgehead atoms. The average molecular weight is 409 g/mol. The molecule has 0 amide bonds. The fourth-order valence-corrected chi connectivity index (χ4v) is 4.01. The Morgan fingerprint density at radius 2 is 1.90 bits per heavy atom. The highest BCUT2D eigenvalue weighted by Gasteiger charge is 2.25. The molecule has 1 aliphatic rings. The predicted octanol–water partition coefficient (Wildman–Crippen LogP) is 5.28. The van der Waals surface area contributed by atoms with Gasteiger partial charge >= 0.3 is 0 Å². The monoisotopic (exact) mass is 408 g/mol. The number of hydrogen-bond acceptors (Lipinski definition) is 5. The normalized spacial score (nSPS) is 13.2. The number of fused-ring (bicyclic) bond motifs is 1. The third-order valence-corrected chi connectivity index (χ3v) is 5.65. The largest absolute Gasteiger partial charge is 0.322 e. The van der Waals surface area contributed by atoms with Crippen LogP contribution in [0.25, 0.3) is 28.3 Å². The van der Waals surface area contributed by atoms with Crippen molar-refractivity contribution in [1.82, 2.24) is 24.7 Å². The lowest BCUT2D eigenvalue weighted by Crippen LogP contribution is -2.15. The van der Waals surface area contributed by atoms with Crippen LogP contribution in [0, 0.1) is 6.92 Å². The molecule has 1 aliphatic heterocycles. The maximum absolute atomic E-state index is 4.90. The molecule has 6 nitrogen and oxygen atoms in total. The van der Waals surface area contributed by atoms with Crippen molar-refractivity contribution in [2.45, 2.75) is 33.4 Å². The van der Waals surface area contributed by atoms with Gasteiger partial charge in [0.1, 0.15) is 17.8 Å². The van der Waals surface area contributed by atoms with Gasteiger partial charge in [-0.05, 0) is 61.7 Å². The molecule has 0 saturated heterocycles. The van der Waals surface area contributed by atoms with Gasteiger partial charge < -0.3 is 9.47 Å². The summed E-state index contributed by atoms with van der Waals surface area (Å²) in [7, 11) is 0. The van der Waals surface area contributed by atoms with Gasteiger partial charge in [0.05, 0.1) is 6.54 Å². The molecule has 4 aromatic rings. The zero-order chi connectivity index (χ0) is 21.5. The number of rotatable bonds is 4. The SMILES string of the molecule is C=C1c2cc(-c3cncc(C)c3)ccc2CN1c1cccc(-c2nncn2C(C)C)n1. The van der Waals surface area contributed by atoms with E-state index in [1.807, 2.05) is 35.2 Å². The summed E-state index contributed by atoms with van der Waals surface area (Å²) in [6.07, 6.45) is 5.52. The van der Waals surface area contributed by atoms with E-state index in [0.717, 1.165) is 51.8 Å². The molecule has 3 aromatic heterocycles. The summed E-state index contributed by atoms with van der Waals surface area (Å²) in [6.45, 7) is 11.4. The van der Waals surface area contributed by atoms with Gasteiger partial charge in [0, 0.05) is 35.3 Å². The molecule has 0 N–H and O–H groups in total. The van der Waals surface area contributed by atoms with Crippen molar-refractivity contribution < 1.29 is 0 Å². The first-order valence-corrected chi connectivity index (χ1v) is 10.4. The van der Waals surface area contributed by atoms with Gasteiger partial charge in [0.2, 0.25) is 0 Å². The Labute approximate surface area is 181 Å². The van der Waals surface area contributed by atoms with Crippen LogP contribution in [0.5, 0.6) is 0 Å². The minimum atomic E-state index is 0.260. The van der Waals surface area contributed by atoms with Crippen LogP contribution in [0.4, 0.5) is 5.82 Å². The molecule has 154 valence electrons. The van der Waals surface area contributed by atoms with E-state index in [4.69, 9.17) is 4.98 Å². The van der Waals surface area contributed by atoms with Crippen LogP contribution in [0.2, 0.25) is 0 Å². The number of benzene rings is 1. The van der Waals surface area contributed by atoms with Gasteiger partial charge in [0.15, 0.2) is 5.82 Å². The predicted molar refractivity (Wildman–Crippen MR) is 123 cm³/mol. The minimum Gasteiger partial charge on any atom is -0.322 e. The molecular formula is C25H24N6. The van der Waals surface area contributed by atoms with Gasteiger partial charge in [-0.15, -0.1) is 10.2 Å². The molecule has 5 rings (SSSR count). The summed E-state index contributed by atoms with van der Waals surface area (Å²) < 4.78 is 2.03. The molecule has 0 spiro atoms. The lowest BCUT2D eigenvalue weighted by Gasteiger charge is -2.19. The number of aryl methyl sites for hydroxylation is 1. The van der Waals surface area contributed by atoms with E-state index in [-0.39, 0.29) is 6.04 Å². The Morgan fingerprint density at radius 3 is 2.71 bits per heavy atom. The Balaban J connectivity index is 1.48. The lowest BCUT2D eigenvalue weighted by atomic mass is 10.0. The third kappa shape index (κ3) is 3.40. The fraction of sp³-hybridized carbons (Fsp3) is 0.200. The summed E-state index contributed by atoms with van der Waals surface area (Å²) >= 11 is 0. The van der Waals surface area contributed by atoms with E-state index < -0.39 is 0 Å². The van der Waals surface area contributed by atoms with Gasteiger partial charge in [-0.3, -0.25) is 4.98 Å². The van der Waals surface area contributed by atoms with Crippen LogP contribution in [-0.2, 0) is 6.54 Å². The molecule has 6 heteroatoms. The number of anilines is 1. The molecule has 0 saturated carbocycles. The molecule has 0 radical (unpaired) electrons. The molecule has 0 atom stereocenters. The van der Waals surface area contributed by atoms with Crippen LogP contribution in [-0.4, -0.2) is 24.7 Å². The van der Waals surface area contributed by atoms with E-state index >= 15 is 0 Å². The van der Waals surface area contributed by atoms with Crippen LogP contribution < -0.4 is 4.90 Å². The zero-order valence-corrected chi connectivity index (χ0v) is 17.9. The number of hydrogen-bond donors (Lipinski definition) is 0. The second kappa shape index (κ2) is 7.47. The summed E-state index contributed by atoms with van der Waals surface area (Å²) in [4.78, 5) is 11.4. The topological polar surface area (TPSA) is 59.7 Å². The quantitative estimate of drug-likeness (QED) is 0.460. The van der Waals surface area contributed by atoms with Gasteiger partial charge in [-0.2, -0.15) is 0 Å². The van der Waals surface area contributed by atoms with E-state index in [0.29, 0.717) is 0 Å². The van der Waals surface area contributed by atoms with E-state index in [1.165, 1.54) is 5.56 Å². The third-order valence-electron chi connectivity index (χ3n) is 5.65. The van der Waals surface area contributed by atoms with E-state index in [9.17, 15) is 0 Å². The minimum absolute atomic E-state index is 0.260. The van der Waals surface area contributed by atoms with Crippen molar-refractivity contribution in [2.75, 3.05) is 4.90 Å². The van der Waals surface area contributed by atoms with Crippen LogP contribution in [0.3, 0.4) is 0 Å². The molecular weight excluding hydrogens is 384 g/mol. The van der Waals surface area contributed by atoms with Crippen molar-refractivity contribution in [2.24, 2.45) is 0 Å². The Morgan fingerprint density at radius 1 is 1.03 bits per heavy atom. The Hall–Kier alpha value is -3.80. The molecule has 0 aliphatic carbocycles. The van der Waals surface area contributed by atoms with Gasteiger partial charge in [-0.1, -0.05) is 24.8 Å². The highest BCUT2D eigenvalue weighted by atomic mass is 15.3. The van der Waals surface area contributed by atoms with Gasteiger partial charge in [-0.25, -0.2) is 4.98 Å². The highest BCUT2D eigenvalue weighted by Crippen LogP contribution is 2.37. The van der Waals surface area contributed by atoms with Crippen molar-refractivity contribution in [3.05, 3.63) is 84.5 Å². The smallest absolute Gasteiger partial charge is 0.182 e. The first kappa shape index (κ1) is 19.2. The van der Waals surface area contributed by atoms with Gasteiger partial charge in [0.25, 0.3) is 0 Å². The van der Waals surface area contributed by atoms with Crippen molar-refractivity contribution in [3.63, 3.8) is 0 Å². The maximum atomic E-state index is 4.90. The molecule has 1 aromatic carbocycles. The molecule has 0 unspecified atom stereocenters. The number of pyridine rings is 2. The number of aromatic nitrogens is 5. The Bertz CT molecular complexity index is 1290. The lowest BCUT2D eigenvalue weighted by molar-refractivity contribution is 0.603. The van der Waals surface area contributed by atoms with E-state index in [2.05, 4.69) is 71.7 Å².